The molecule has 2 atom stereocenters. The van der Waals surface area contributed by atoms with Gasteiger partial charge in [0.25, 0.3) is 0 Å². The molecule has 1 saturated carbocycles. The largest absolute Gasteiger partial charge is 0.481 e. The van der Waals surface area contributed by atoms with Gasteiger partial charge in [-0.3, -0.25) is 19.2 Å². The number of nitrogens with one attached hydrogen (secondary N) is 2. The van der Waals surface area contributed by atoms with Gasteiger partial charge in [-0.05, 0) is 56.8 Å². The van der Waals surface area contributed by atoms with Gasteiger partial charge in [0.05, 0.1) is 18.4 Å². The second-order valence-electron chi connectivity index (χ2n) is 11.7. The van der Waals surface area contributed by atoms with Gasteiger partial charge in [0.2, 0.25) is 11.8 Å². The number of aliphatic carboxylic acids is 1. The summed E-state index contributed by atoms with van der Waals surface area (Å²) in [5, 5.41) is 15.2. The Hall–Kier alpha value is -2.12. The van der Waals surface area contributed by atoms with E-state index in [-0.39, 0.29) is 29.3 Å². The molecule has 3 N–H and O–H groups in total. The van der Waals surface area contributed by atoms with Gasteiger partial charge >= 0.3 is 11.9 Å². The number of esters is 1. The minimum atomic E-state index is -0.923. The number of carboxylic acid groups (broad SMARTS) is 1. The topological polar surface area (TPSA) is 122 Å². The second kappa shape index (κ2) is 15.1. The number of hydrogen-bond acceptors (Lipinski definition) is 5. The van der Waals surface area contributed by atoms with E-state index in [1.807, 2.05) is 13.8 Å². The van der Waals surface area contributed by atoms with Crippen molar-refractivity contribution in [1.82, 2.24) is 10.6 Å². The highest BCUT2D eigenvalue weighted by atomic mass is 16.5. The van der Waals surface area contributed by atoms with E-state index in [9.17, 15) is 24.3 Å². The van der Waals surface area contributed by atoms with Crippen molar-refractivity contribution in [3.05, 3.63) is 0 Å². The molecule has 0 aromatic heterocycles. The Morgan fingerprint density at radius 2 is 1.43 bits per heavy atom. The van der Waals surface area contributed by atoms with Crippen molar-refractivity contribution in [1.29, 1.82) is 0 Å². The first-order chi connectivity index (χ1) is 16.3. The summed E-state index contributed by atoms with van der Waals surface area (Å²) in [5.41, 5.74) is -0.286. The Morgan fingerprint density at radius 1 is 0.829 bits per heavy atom. The summed E-state index contributed by atoms with van der Waals surface area (Å²) in [6, 6.07) is 0. The lowest BCUT2D eigenvalue weighted by molar-refractivity contribution is -0.159. The van der Waals surface area contributed by atoms with Crippen LogP contribution in [0.2, 0.25) is 0 Å². The van der Waals surface area contributed by atoms with Crippen LogP contribution in [0.15, 0.2) is 0 Å². The van der Waals surface area contributed by atoms with Crippen LogP contribution in [0.4, 0.5) is 0 Å². The van der Waals surface area contributed by atoms with Gasteiger partial charge < -0.3 is 20.5 Å². The normalized spacial score (nSPS) is 18.5. The highest BCUT2D eigenvalue weighted by Gasteiger charge is 2.36. The van der Waals surface area contributed by atoms with Gasteiger partial charge in [-0.15, -0.1) is 0 Å². The smallest absolute Gasteiger partial charge is 0.309 e. The van der Waals surface area contributed by atoms with E-state index in [4.69, 9.17) is 4.74 Å². The van der Waals surface area contributed by atoms with Crippen LogP contribution in [0.3, 0.4) is 0 Å². The van der Waals surface area contributed by atoms with Gasteiger partial charge in [0.1, 0.15) is 0 Å². The molecule has 2 unspecified atom stereocenters. The molecule has 202 valence electrons. The molecule has 8 nitrogen and oxygen atoms in total. The average Bonchev–Trinajstić information content (AvgIpc) is 2.76. The number of carbonyl (C=O) groups is 4. The minimum absolute atomic E-state index is 0.0215. The van der Waals surface area contributed by atoms with Crippen molar-refractivity contribution >= 4 is 23.8 Å². The molecule has 0 radical (unpaired) electrons. The van der Waals surface area contributed by atoms with Gasteiger partial charge in [0.15, 0.2) is 0 Å². The van der Waals surface area contributed by atoms with Crippen LogP contribution in [0.25, 0.3) is 0 Å². The third kappa shape index (κ3) is 13.0. The summed E-state index contributed by atoms with van der Waals surface area (Å²) in [5.74, 6) is -2.46. The van der Waals surface area contributed by atoms with Crippen LogP contribution >= 0.6 is 0 Å². The maximum Gasteiger partial charge on any atom is 0.309 e. The molecule has 35 heavy (non-hydrogen) atoms. The minimum Gasteiger partial charge on any atom is -0.481 e. The molecule has 0 bridgehead atoms. The first kappa shape index (κ1) is 30.9. The summed E-state index contributed by atoms with van der Waals surface area (Å²) in [4.78, 5) is 47.9. The first-order valence-corrected chi connectivity index (χ1v) is 13.3. The predicted molar refractivity (Wildman–Crippen MR) is 136 cm³/mol. The maximum atomic E-state index is 12.4. The Balaban J connectivity index is 2.05. The average molecular weight is 497 g/mol. The highest BCUT2D eigenvalue weighted by molar-refractivity contribution is 5.82. The summed E-state index contributed by atoms with van der Waals surface area (Å²) in [6.45, 7) is 11.9. The van der Waals surface area contributed by atoms with Gasteiger partial charge in [-0.25, -0.2) is 0 Å². The molecule has 0 heterocycles. The monoisotopic (exact) mass is 496 g/mol. The molecular weight excluding hydrogens is 448 g/mol. The quantitative estimate of drug-likeness (QED) is 0.227. The van der Waals surface area contributed by atoms with Crippen molar-refractivity contribution in [2.45, 2.75) is 105 Å². The second-order valence-corrected chi connectivity index (χ2v) is 11.7. The lowest BCUT2D eigenvalue weighted by atomic mass is 9.76. The van der Waals surface area contributed by atoms with Gasteiger partial charge in [0, 0.05) is 24.9 Å². The lowest BCUT2D eigenvalue weighted by Gasteiger charge is -2.31. The van der Waals surface area contributed by atoms with Crippen LogP contribution in [0.5, 0.6) is 0 Å². The predicted octanol–water partition coefficient (Wildman–Crippen LogP) is 4.46. The Kier molecular flexibility index (Phi) is 13.3. The van der Waals surface area contributed by atoms with E-state index in [1.165, 1.54) is 0 Å². The van der Waals surface area contributed by atoms with Crippen LogP contribution in [0.1, 0.15) is 105 Å². The maximum absolute atomic E-state index is 12.4. The zero-order valence-corrected chi connectivity index (χ0v) is 22.5. The van der Waals surface area contributed by atoms with Crippen molar-refractivity contribution in [2.75, 3.05) is 19.7 Å². The number of amides is 2. The molecule has 0 aromatic rings. The number of carbonyl (C=O) groups excluding carboxylic acids is 3. The molecule has 1 aliphatic rings. The SMILES string of the molecule is CC(C)(C)CC(C)(C)C(=O)NCCCCCNC(=O)CCCCOC(=O)C1CCCCC1C(=O)O. The number of carboxylic acids is 1. The lowest BCUT2D eigenvalue weighted by Crippen LogP contribution is -2.39. The first-order valence-electron chi connectivity index (χ1n) is 13.3. The Labute approximate surface area is 211 Å². The van der Waals surface area contributed by atoms with Crippen molar-refractivity contribution in [3.63, 3.8) is 0 Å². The van der Waals surface area contributed by atoms with E-state index in [0.717, 1.165) is 38.5 Å². The number of ether oxygens (including phenoxy) is 1. The van der Waals surface area contributed by atoms with Crippen LogP contribution in [-0.2, 0) is 23.9 Å². The fourth-order valence-corrected chi connectivity index (χ4v) is 4.97. The third-order valence-corrected chi connectivity index (χ3v) is 6.48. The molecule has 2 amide bonds. The summed E-state index contributed by atoms with van der Waals surface area (Å²) in [7, 11) is 0. The number of hydrogen-bond donors (Lipinski definition) is 3. The molecule has 0 aliphatic heterocycles. The third-order valence-electron chi connectivity index (χ3n) is 6.48. The molecule has 0 spiro atoms. The zero-order chi connectivity index (χ0) is 26.5. The molecule has 0 aromatic carbocycles. The van der Waals surface area contributed by atoms with Crippen LogP contribution in [-0.4, -0.2) is 48.6 Å². The van der Waals surface area contributed by atoms with Crippen molar-refractivity contribution in [3.8, 4) is 0 Å². The molecule has 1 rings (SSSR count). The molecule has 1 fully saturated rings. The van der Waals surface area contributed by atoms with Crippen LogP contribution in [0, 0.1) is 22.7 Å². The molecular formula is C27H48N2O6. The van der Waals surface area contributed by atoms with Crippen LogP contribution < -0.4 is 10.6 Å². The van der Waals surface area contributed by atoms with E-state index in [1.54, 1.807) is 0 Å². The zero-order valence-electron chi connectivity index (χ0n) is 22.5. The van der Waals surface area contributed by atoms with E-state index >= 15 is 0 Å². The number of rotatable bonds is 15. The van der Waals surface area contributed by atoms with Crippen molar-refractivity contribution < 1.29 is 29.0 Å². The van der Waals surface area contributed by atoms with E-state index in [2.05, 4.69) is 31.4 Å². The fourth-order valence-electron chi connectivity index (χ4n) is 4.97. The van der Waals surface area contributed by atoms with Crippen molar-refractivity contribution in [2.24, 2.45) is 22.7 Å². The molecule has 1 aliphatic carbocycles. The number of unbranched alkanes of at least 4 members (excludes halogenated alkanes) is 3. The van der Waals surface area contributed by atoms with Gasteiger partial charge in [-0.2, -0.15) is 0 Å². The Bertz CT molecular complexity index is 698. The highest BCUT2D eigenvalue weighted by Crippen LogP contribution is 2.33. The van der Waals surface area contributed by atoms with E-state index in [0.29, 0.717) is 45.2 Å². The Morgan fingerprint density at radius 3 is 2.03 bits per heavy atom. The van der Waals surface area contributed by atoms with E-state index < -0.39 is 23.8 Å². The molecule has 0 saturated heterocycles. The fraction of sp³-hybridized carbons (Fsp3) is 0.852. The molecule has 8 heteroatoms. The summed E-state index contributed by atoms with van der Waals surface area (Å²) >= 11 is 0. The summed E-state index contributed by atoms with van der Waals surface area (Å²) < 4.78 is 5.28. The van der Waals surface area contributed by atoms with Gasteiger partial charge in [-0.1, -0.05) is 47.5 Å². The summed E-state index contributed by atoms with van der Waals surface area (Å²) in [6.07, 6.45) is 7.84. The standard InChI is InChI=1S/C27H48N2O6/c1-26(2,3)19-27(4,5)25(34)29-17-11-6-10-16-28-22(30)15-9-12-18-35-24(33)21-14-8-7-13-20(21)23(31)32/h20-21H,6-19H2,1-5H3,(H,28,30)(H,29,34)(H,31,32).